The molecule has 0 aliphatic carbocycles. The van der Waals surface area contributed by atoms with Gasteiger partial charge < -0.3 is 4.74 Å². The Labute approximate surface area is 60.9 Å². The van der Waals surface area contributed by atoms with E-state index in [1.165, 1.54) is 0 Å². The summed E-state index contributed by atoms with van der Waals surface area (Å²) in [6.45, 7) is 2.06. The van der Waals surface area contributed by atoms with Gasteiger partial charge in [-0.15, -0.1) is 0 Å². The number of nitrogens with zero attached hydrogens (tertiary/aromatic N) is 1. The number of aliphatic imine (C=N–C) groups is 1. The molecule has 0 aromatic heterocycles. The van der Waals surface area contributed by atoms with Crippen molar-refractivity contribution in [3.63, 3.8) is 0 Å². The quantitative estimate of drug-likeness (QED) is 0.539. The predicted molar refractivity (Wildman–Crippen MR) is 41.9 cm³/mol. The zero-order valence-corrected chi connectivity index (χ0v) is 6.24. The van der Waals surface area contributed by atoms with E-state index in [1.54, 1.807) is 13.3 Å². The lowest BCUT2D eigenvalue weighted by atomic mass is 10.2. The second-order valence-corrected chi connectivity index (χ2v) is 2.25. The summed E-state index contributed by atoms with van der Waals surface area (Å²) < 4.78 is 5.04. The molecule has 54 valence electrons. The topological polar surface area (TPSA) is 21.6 Å². The Morgan fingerprint density at radius 1 is 1.60 bits per heavy atom. The molecule has 0 fully saturated rings. The fourth-order valence-corrected chi connectivity index (χ4v) is 0.796. The van der Waals surface area contributed by atoms with E-state index in [0.29, 0.717) is 5.92 Å². The van der Waals surface area contributed by atoms with Gasteiger partial charge in [0, 0.05) is 18.3 Å². The van der Waals surface area contributed by atoms with Crippen LogP contribution in [0, 0.1) is 5.92 Å². The Kier molecular flexibility index (Phi) is 2.26. The molecule has 1 rings (SSSR count). The Balaban J connectivity index is 2.74. The number of allylic oxidation sites excluding steroid dienone is 2. The number of rotatable bonds is 1. The van der Waals surface area contributed by atoms with Crippen molar-refractivity contribution in [2.24, 2.45) is 10.9 Å². The summed E-state index contributed by atoms with van der Waals surface area (Å²) >= 11 is 0. The second-order valence-electron chi connectivity index (χ2n) is 2.25. The van der Waals surface area contributed by atoms with Crippen LogP contribution in [0.3, 0.4) is 0 Å². The summed E-state index contributed by atoms with van der Waals surface area (Å²) in [5, 5.41) is 0. The first-order chi connectivity index (χ1) is 4.83. The molecular weight excluding hydrogens is 126 g/mol. The third kappa shape index (κ3) is 1.72. The van der Waals surface area contributed by atoms with Crippen molar-refractivity contribution < 1.29 is 4.74 Å². The van der Waals surface area contributed by atoms with Crippen LogP contribution in [0.5, 0.6) is 0 Å². The van der Waals surface area contributed by atoms with E-state index in [-0.39, 0.29) is 0 Å². The molecule has 1 aliphatic rings. The fraction of sp³-hybridized carbons (Fsp3) is 0.375. The van der Waals surface area contributed by atoms with Gasteiger partial charge in [-0.3, -0.25) is 4.99 Å². The Bertz CT molecular complexity index is 191. The van der Waals surface area contributed by atoms with Gasteiger partial charge in [0.05, 0.1) is 7.11 Å². The Hall–Kier alpha value is -1.05. The molecule has 0 aromatic rings. The lowest BCUT2D eigenvalue weighted by Crippen LogP contribution is -1.91. The highest BCUT2D eigenvalue weighted by Gasteiger charge is 1.97. The van der Waals surface area contributed by atoms with E-state index in [2.05, 4.69) is 11.9 Å². The first kappa shape index (κ1) is 7.06. The van der Waals surface area contributed by atoms with Crippen LogP contribution in [-0.4, -0.2) is 13.3 Å². The summed E-state index contributed by atoms with van der Waals surface area (Å²) in [7, 11) is 1.66. The molecule has 2 heteroatoms. The van der Waals surface area contributed by atoms with Crippen molar-refractivity contribution in [1.82, 2.24) is 0 Å². The summed E-state index contributed by atoms with van der Waals surface area (Å²) in [5.74, 6) is 1.25. The number of hydrogen-bond acceptors (Lipinski definition) is 2. The van der Waals surface area contributed by atoms with Crippen LogP contribution in [0.4, 0.5) is 0 Å². The largest absolute Gasteiger partial charge is 0.497 e. The summed E-state index contributed by atoms with van der Waals surface area (Å²) in [6.07, 6.45) is 7.48. The maximum absolute atomic E-state index is 5.04. The van der Waals surface area contributed by atoms with Gasteiger partial charge in [-0.2, -0.15) is 0 Å². The average Bonchev–Trinajstić information content (AvgIpc) is 2.13. The molecule has 0 aromatic carbocycles. The highest BCUT2D eigenvalue weighted by molar-refractivity contribution is 5.64. The van der Waals surface area contributed by atoms with Crippen molar-refractivity contribution in [2.75, 3.05) is 7.11 Å². The highest BCUT2D eigenvalue weighted by atomic mass is 16.5. The molecule has 0 amide bonds. The molecule has 2 nitrogen and oxygen atoms in total. The van der Waals surface area contributed by atoms with Crippen molar-refractivity contribution >= 4 is 6.21 Å². The maximum Gasteiger partial charge on any atom is 0.117 e. The highest BCUT2D eigenvalue weighted by Crippen LogP contribution is 2.06. The first-order valence-electron chi connectivity index (χ1n) is 3.28. The predicted octanol–water partition coefficient (Wildman–Crippen LogP) is 1.75. The number of methoxy groups -OCH3 is 1. The van der Waals surface area contributed by atoms with E-state index in [9.17, 15) is 0 Å². The summed E-state index contributed by atoms with van der Waals surface area (Å²) in [5.41, 5.74) is 0. The molecule has 0 spiro atoms. The third-order valence-electron chi connectivity index (χ3n) is 1.31. The monoisotopic (exact) mass is 137 g/mol. The van der Waals surface area contributed by atoms with Crippen molar-refractivity contribution in [1.29, 1.82) is 0 Å². The minimum atomic E-state index is 0.366. The van der Waals surface area contributed by atoms with Gasteiger partial charge in [-0.1, -0.05) is 6.92 Å². The van der Waals surface area contributed by atoms with Crippen molar-refractivity contribution in [3.8, 4) is 0 Å². The Morgan fingerprint density at radius 3 is 3.10 bits per heavy atom. The van der Waals surface area contributed by atoms with Gasteiger partial charge in [0.2, 0.25) is 0 Å². The molecule has 0 saturated heterocycles. The zero-order valence-electron chi connectivity index (χ0n) is 6.24. The molecule has 0 saturated carbocycles. The molecule has 1 unspecified atom stereocenters. The molecule has 1 atom stereocenters. The molecule has 0 bridgehead atoms. The lowest BCUT2D eigenvalue weighted by Gasteiger charge is -1.99. The van der Waals surface area contributed by atoms with Crippen LogP contribution in [0.25, 0.3) is 0 Å². The summed E-state index contributed by atoms with van der Waals surface area (Å²) in [6, 6.07) is 0. The molecule has 0 N–H and O–H groups in total. The molecular formula is C8H11NO. The number of hydrogen-bond donors (Lipinski definition) is 0. The normalized spacial score (nSPS) is 23.8. The minimum absolute atomic E-state index is 0.366. The van der Waals surface area contributed by atoms with Gasteiger partial charge in [-0.05, 0) is 12.2 Å². The standard InChI is InChI=1S/C8H11NO/c1-7-5-8(10-2)3-4-9-6-7/h3-7H,1-2H3. The molecule has 0 radical (unpaired) electrons. The van der Waals surface area contributed by atoms with Crippen molar-refractivity contribution in [2.45, 2.75) is 6.92 Å². The minimum Gasteiger partial charge on any atom is -0.497 e. The Morgan fingerprint density at radius 2 is 2.40 bits per heavy atom. The van der Waals surface area contributed by atoms with E-state index >= 15 is 0 Å². The van der Waals surface area contributed by atoms with E-state index < -0.39 is 0 Å². The van der Waals surface area contributed by atoms with Crippen LogP contribution >= 0.6 is 0 Å². The van der Waals surface area contributed by atoms with E-state index in [0.717, 1.165) is 5.76 Å². The third-order valence-corrected chi connectivity index (χ3v) is 1.31. The number of ether oxygens (including phenoxy) is 1. The van der Waals surface area contributed by atoms with Gasteiger partial charge in [0.25, 0.3) is 0 Å². The smallest absolute Gasteiger partial charge is 0.117 e. The van der Waals surface area contributed by atoms with Crippen molar-refractivity contribution in [3.05, 3.63) is 24.1 Å². The van der Waals surface area contributed by atoms with Gasteiger partial charge in [0.1, 0.15) is 5.76 Å². The molecule has 1 aliphatic heterocycles. The maximum atomic E-state index is 5.04. The van der Waals surface area contributed by atoms with Gasteiger partial charge in [0.15, 0.2) is 0 Å². The first-order valence-corrected chi connectivity index (χ1v) is 3.28. The molecule has 1 heterocycles. The molecule has 10 heavy (non-hydrogen) atoms. The zero-order chi connectivity index (χ0) is 7.40. The average molecular weight is 137 g/mol. The van der Waals surface area contributed by atoms with E-state index in [1.807, 2.05) is 18.4 Å². The van der Waals surface area contributed by atoms with Gasteiger partial charge in [-0.25, -0.2) is 0 Å². The van der Waals surface area contributed by atoms with Crippen LogP contribution in [0.1, 0.15) is 6.92 Å². The fourth-order valence-electron chi connectivity index (χ4n) is 0.796. The van der Waals surface area contributed by atoms with Crippen LogP contribution in [0.15, 0.2) is 29.1 Å². The summed E-state index contributed by atoms with van der Waals surface area (Å²) in [4.78, 5) is 4.01. The van der Waals surface area contributed by atoms with Crippen LogP contribution < -0.4 is 0 Å². The van der Waals surface area contributed by atoms with E-state index in [4.69, 9.17) is 4.74 Å². The lowest BCUT2D eigenvalue weighted by molar-refractivity contribution is 0.304. The second kappa shape index (κ2) is 3.20. The van der Waals surface area contributed by atoms with Crippen LogP contribution in [-0.2, 0) is 4.74 Å². The SMILES string of the molecule is COC1=CC(C)C=NC=C1. The van der Waals surface area contributed by atoms with Crippen LogP contribution in [0.2, 0.25) is 0 Å². The van der Waals surface area contributed by atoms with Gasteiger partial charge >= 0.3 is 0 Å².